The number of methoxy groups -OCH3 is 1. The molecule has 1 saturated heterocycles. The fraction of sp³-hybridized carbons (Fsp3) is 0.929. The molecular formula is C14H28N2O2. The molecule has 1 heterocycles. The molecule has 1 amide bonds. The van der Waals surface area contributed by atoms with E-state index in [9.17, 15) is 4.79 Å². The summed E-state index contributed by atoms with van der Waals surface area (Å²) in [7, 11) is 1.61. The molecule has 0 aliphatic carbocycles. The summed E-state index contributed by atoms with van der Waals surface area (Å²) < 4.78 is 5.42. The summed E-state index contributed by atoms with van der Waals surface area (Å²) in [6.45, 7) is 7.43. The van der Waals surface area contributed by atoms with Crippen molar-refractivity contribution in [1.82, 2.24) is 4.90 Å². The van der Waals surface area contributed by atoms with E-state index in [2.05, 4.69) is 6.92 Å². The number of carbonyl (C=O) groups is 1. The fourth-order valence-corrected chi connectivity index (χ4v) is 2.68. The van der Waals surface area contributed by atoms with Crippen LogP contribution in [0.4, 0.5) is 0 Å². The number of nitrogens with two attached hydrogens (primary N) is 1. The minimum Gasteiger partial charge on any atom is -0.369 e. The van der Waals surface area contributed by atoms with E-state index in [1.54, 1.807) is 7.11 Å². The number of nitrogens with zero attached hydrogens (tertiary/aromatic N) is 1. The minimum absolute atomic E-state index is 0.0949. The Morgan fingerprint density at radius 1 is 1.50 bits per heavy atom. The molecule has 0 radical (unpaired) electrons. The highest BCUT2D eigenvalue weighted by Crippen LogP contribution is 2.28. The van der Waals surface area contributed by atoms with Crippen LogP contribution in [0, 0.1) is 5.92 Å². The van der Waals surface area contributed by atoms with Gasteiger partial charge in [-0.3, -0.25) is 4.79 Å². The van der Waals surface area contributed by atoms with Gasteiger partial charge in [-0.1, -0.05) is 20.3 Å². The van der Waals surface area contributed by atoms with Crippen LogP contribution in [0.15, 0.2) is 0 Å². The lowest BCUT2D eigenvalue weighted by Gasteiger charge is -2.42. The lowest BCUT2D eigenvalue weighted by Crippen LogP contribution is -2.56. The van der Waals surface area contributed by atoms with Crippen LogP contribution in [0.3, 0.4) is 0 Å². The molecule has 1 fully saturated rings. The first-order chi connectivity index (χ1) is 8.52. The van der Waals surface area contributed by atoms with Crippen LogP contribution in [0.2, 0.25) is 0 Å². The lowest BCUT2D eigenvalue weighted by atomic mass is 9.87. The SMILES string of the molecule is CCC1CCN(C(=O)C(C)(CC)OC)C(CN)C1. The number of ether oxygens (including phenoxy) is 1. The maximum atomic E-state index is 12.6. The number of piperidine rings is 1. The minimum atomic E-state index is -0.702. The van der Waals surface area contributed by atoms with Gasteiger partial charge < -0.3 is 15.4 Å². The van der Waals surface area contributed by atoms with Crippen molar-refractivity contribution in [1.29, 1.82) is 0 Å². The molecule has 1 rings (SSSR count). The van der Waals surface area contributed by atoms with Crippen molar-refractivity contribution in [3.63, 3.8) is 0 Å². The molecule has 0 aromatic heterocycles. The molecule has 3 unspecified atom stereocenters. The molecule has 18 heavy (non-hydrogen) atoms. The third kappa shape index (κ3) is 3.04. The van der Waals surface area contributed by atoms with E-state index >= 15 is 0 Å². The van der Waals surface area contributed by atoms with Crippen LogP contribution in [-0.2, 0) is 9.53 Å². The smallest absolute Gasteiger partial charge is 0.254 e. The molecule has 0 saturated carbocycles. The van der Waals surface area contributed by atoms with Gasteiger partial charge in [-0.2, -0.15) is 0 Å². The molecular weight excluding hydrogens is 228 g/mol. The van der Waals surface area contributed by atoms with E-state index in [4.69, 9.17) is 10.5 Å². The number of likely N-dealkylation sites (tertiary alicyclic amines) is 1. The Balaban J connectivity index is 2.78. The van der Waals surface area contributed by atoms with Crippen LogP contribution in [0.1, 0.15) is 46.5 Å². The summed E-state index contributed by atoms with van der Waals surface area (Å²) in [4.78, 5) is 14.5. The Morgan fingerprint density at radius 2 is 2.17 bits per heavy atom. The Kier molecular flexibility index (Phi) is 5.60. The van der Waals surface area contributed by atoms with Gasteiger partial charge >= 0.3 is 0 Å². The first-order valence-corrected chi connectivity index (χ1v) is 7.08. The second-order valence-corrected chi connectivity index (χ2v) is 5.48. The summed E-state index contributed by atoms with van der Waals surface area (Å²) in [5.74, 6) is 0.801. The van der Waals surface area contributed by atoms with Crippen molar-refractivity contribution in [2.75, 3.05) is 20.2 Å². The van der Waals surface area contributed by atoms with Crippen LogP contribution in [0.5, 0.6) is 0 Å². The summed E-state index contributed by atoms with van der Waals surface area (Å²) >= 11 is 0. The molecule has 0 bridgehead atoms. The zero-order chi connectivity index (χ0) is 13.8. The molecule has 0 aromatic rings. The molecule has 2 N–H and O–H groups in total. The average Bonchev–Trinajstić information content (AvgIpc) is 2.44. The monoisotopic (exact) mass is 256 g/mol. The van der Waals surface area contributed by atoms with E-state index in [0.29, 0.717) is 18.9 Å². The highest BCUT2D eigenvalue weighted by Gasteiger charge is 2.39. The highest BCUT2D eigenvalue weighted by atomic mass is 16.5. The normalized spacial score (nSPS) is 27.9. The van der Waals surface area contributed by atoms with E-state index in [1.165, 1.54) is 6.42 Å². The third-order valence-corrected chi connectivity index (χ3v) is 4.51. The zero-order valence-corrected chi connectivity index (χ0v) is 12.2. The van der Waals surface area contributed by atoms with Crippen LogP contribution in [-0.4, -0.2) is 42.6 Å². The predicted molar refractivity (Wildman–Crippen MR) is 73.3 cm³/mol. The van der Waals surface area contributed by atoms with Crippen molar-refractivity contribution in [3.8, 4) is 0 Å². The van der Waals surface area contributed by atoms with Crippen molar-refractivity contribution in [2.24, 2.45) is 11.7 Å². The van der Waals surface area contributed by atoms with E-state index in [0.717, 1.165) is 19.4 Å². The molecule has 0 spiro atoms. The number of hydrogen-bond acceptors (Lipinski definition) is 3. The summed E-state index contributed by atoms with van der Waals surface area (Å²) in [6.07, 6.45) is 3.98. The third-order valence-electron chi connectivity index (χ3n) is 4.51. The predicted octanol–water partition coefficient (Wildman–Crippen LogP) is 1.78. The Labute approximate surface area is 111 Å². The Hall–Kier alpha value is -0.610. The molecule has 0 aromatic carbocycles. The fourth-order valence-electron chi connectivity index (χ4n) is 2.68. The first-order valence-electron chi connectivity index (χ1n) is 7.08. The summed E-state index contributed by atoms with van der Waals surface area (Å²) in [6, 6.07) is 0.178. The van der Waals surface area contributed by atoms with Crippen molar-refractivity contribution in [2.45, 2.75) is 58.1 Å². The van der Waals surface area contributed by atoms with Crippen LogP contribution >= 0.6 is 0 Å². The summed E-state index contributed by atoms with van der Waals surface area (Å²) in [5.41, 5.74) is 5.14. The second kappa shape index (κ2) is 6.53. The quantitative estimate of drug-likeness (QED) is 0.815. The van der Waals surface area contributed by atoms with Crippen LogP contribution < -0.4 is 5.73 Å². The van der Waals surface area contributed by atoms with Gasteiger partial charge in [-0.25, -0.2) is 0 Å². The average molecular weight is 256 g/mol. The Morgan fingerprint density at radius 3 is 2.61 bits per heavy atom. The van der Waals surface area contributed by atoms with Crippen molar-refractivity contribution < 1.29 is 9.53 Å². The molecule has 4 heteroatoms. The molecule has 4 nitrogen and oxygen atoms in total. The highest BCUT2D eigenvalue weighted by molar-refractivity contribution is 5.85. The maximum Gasteiger partial charge on any atom is 0.254 e. The van der Waals surface area contributed by atoms with Gasteiger partial charge in [-0.15, -0.1) is 0 Å². The topological polar surface area (TPSA) is 55.6 Å². The Bertz CT molecular complexity index is 277. The van der Waals surface area contributed by atoms with Gasteiger partial charge in [-0.05, 0) is 32.1 Å². The standard InChI is InChI=1S/C14H28N2O2/c1-5-11-7-8-16(12(9-11)10-15)13(17)14(3,6-2)18-4/h11-12H,5-10,15H2,1-4H3. The number of hydrogen-bond donors (Lipinski definition) is 1. The van der Waals surface area contributed by atoms with Gasteiger partial charge in [0.15, 0.2) is 0 Å². The van der Waals surface area contributed by atoms with Gasteiger partial charge in [0.1, 0.15) is 5.60 Å². The molecule has 3 atom stereocenters. The summed E-state index contributed by atoms with van der Waals surface area (Å²) in [5, 5.41) is 0. The molecule has 106 valence electrons. The largest absolute Gasteiger partial charge is 0.369 e. The van der Waals surface area contributed by atoms with E-state index in [1.807, 2.05) is 18.7 Å². The molecule has 1 aliphatic rings. The van der Waals surface area contributed by atoms with Gasteiger partial charge in [0.05, 0.1) is 0 Å². The van der Waals surface area contributed by atoms with Gasteiger partial charge in [0.25, 0.3) is 5.91 Å². The second-order valence-electron chi connectivity index (χ2n) is 5.48. The van der Waals surface area contributed by atoms with Crippen LogP contribution in [0.25, 0.3) is 0 Å². The van der Waals surface area contributed by atoms with Crippen molar-refractivity contribution in [3.05, 3.63) is 0 Å². The van der Waals surface area contributed by atoms with Gasteiger partial charge in [0.2, 0.25) is 0 Å². The first kappa shape index (κ1) is 15.4. The lowest BCUT2D eigenvalue weighted by molar-refractivity contribution is -0.157. The van der Waals surface area contributed by atoms with Gasteiger partial charge in [0, 0.05) is 26.2 Å². The van der Waals surface area contributed by atoms with E-state index in [-0.39, 0.29) is 11.9 Å². The number of rotatable bonds is 5. The number of amides is 1. The number of carbonyl (C=O) groups excluding carboxylic acids is 1. The molecule has 1 aliphatic heterocycles. The maximum absolute atomic E-state index is 12.6. The van der Waals surface area contributed by atoms with E-state index < -0.39 is 5.60 Å². The van der Waals surface area contributed by atoms with Crippen molar-refractivity contribution >= 4 is 5.91 Å². The zero-order valence-electron chi connectivity index (χ0n) is 12.2.